The third-order valence-corrected chi connectivity index (χ3v) is 6.16. The van der Waals surface area contributed by atoms with Gasteiger partial charge in [0.05, 0.1) is 16.8 Å². The Hall–Kier alpha value is -3.02. The van der Waals surface area contributed by atoms with Gasteiger partial charge in [-0.2, -0.15) is 4.98 Å². The van der Waals surface area contributed by atoms with Crippen molar-refractivity contribution in [1.29, 1.82) is 0 Å². The monoisotopic (exact) mass is 416 g/mol. The number of nitrogens with one attached hydrogen (secondary N) is 1. The second kappa shape index (κ2) is 6.55. The molecule has 0 fully saturated rings. The summed E-state index contributed by atoms with van der Waals surface area (Å²) in [6.45, 7) is 0. The summed E-state index contributed by atoms with van der Waals surface area (Å²) in [4.78, 5) is 25.4. The van der Waals surface area contributed by atoms with Crippen molar-refractivity contribution >= 4 is 56.1 Å². The molecule has 4 rings (SSSR count). The van der Waals surface area contributed by atoms with Crippen LogP contribution in [0.2, 0.25) is 0 Å². The van der Waals surface area contributed by atoms with Gasteiger partial charge in [-0.15, -0.1) is 11.3 Å². The van der Waals surface area contributed by atoms with E-state index in [1.165, 1.54) is 28.4 Å². The molecule has 0 atom stereocenters. The van der Waals surface area contributed by atoms with Crippen molar-refractivity contribution in [2.45, 2.75) is 4.90 Å². The SMILES string of the molecule is CN1C(=O)c2sccc2N(C)c2nc(Nc3cccc(S(N)(=O)=O)c3)ncc21. The molecule has 0 bridgehead atoms. The van der Waals surface area contributed by atoms with Crippen molar-refractivity contribution in [3.63, 3.8) is 0 Å². The number of hydrogen-bond acceptors (Lipinski definition) is 8. The summed E-state index contributed by atoms with van der Waals surface area (Å²) in [7, 11) is -0.313. The molecule has 0 radical (unpaired) electrons. The Bertz CT molecular complexity index is 1190. The minimum absolute atomic E-state index is 0.0161. The summed E-state index contributed by atoms with van der Waals surface area (Å²) in [5, 5.41) is 10.0. The van der Waals surface area contributed by atoms with E-state index in [9.17, 15) is 13.2 Å². The lowest BCUT2D eigenvalue weighted by Gasteiger charge is -2.20. The van der Waals surface area contributed by atoms with Crippen LogP contribution >= 0.6 is 11.3 Å². The molecule has 1 aliphatic heterocycles. The first-order valence-electron chi connectivity index (χ1n) is 8.12. The molecule has 1 amide bonds. The van der Waals surface area contributed by atoms with Crippen molar-refractivity contribution in [3.8, 4) is 0 Å². The van der Waals surface area contributed by atoms with Gasteiger partial charge in [0, 0.05) is 19.8 Å². The molecule has 1 aliphatic rings. The molecule has 3 aromatic rings. The summed E-state index contributed by atoms with van der Waals surface area (Å²) in [5.41, 5.74) is 1.81. The number of carbonyl (C=O) groups is 1. The maximum atomic E-state index is 12.7. The summed E-state index contributed by atoms with van der Waals surface area (Å²) >= 11 is 1.37. The lowest BCUT2D eigenvalue weighted by Crippen LogP contribution is -2.25. The van der Waals surface area contributed by atoms with Gasteiger partial charge in [-0.25, -0.2) is 18.5 Å². The van der Waals surface area contributed by atoms with Crippen LogP contribution in [-0.2, 0) is 10.0 Å². The van der Waals surface area contributed by atoms with E-state index >= 15 is 0 Å². The van der Waals surface area contributed by atoms with E-state index in [1.54, 1.807) is 25.4 Å². The number of amides is 1. The fourth-order valence-electron chi connectivity index (χ4n) is 2.89. The molecule has 0 unspecified atom stereocenters. The second-order valence-corrected chi connectivity index (χ2v) is 8.64. The number of aromatic nitrogens is 2. The number of nitrogens with two attached hydrogens (primary N) is 1. The molecule has 3 N–H and O–H groups in total. The van der Waals surface area contributed by atoms with Gasteiger partial charge in [-0.05, 0) is 29.6 Å². The molecule has 11 heteroatoms. The predicted molar refractivity (Wildman–Crippen MR) is 108 cm³/mol. The Kier molecular flexibility index (Phi) is 4.29. The number of nitrogens with zero attached hydrogens (tertiary/aromatic N) is 4. The fraction of sp³-hybridized carbons (Fsp3) is 0.118. The van der Waals surface area contributed by atoms with Gasteiger partial charge in [0.1, 0.15) is 10.6 Å². The van der Waals surface area contributed by atoms with E-state index in [1.807, 2.05) is 23.4 Å². The molecule has 0 saturated carbocycles. The summed E-state index contributed by atoms with van der Waals surface area (Å²) in [5.74, 6) is 0.686. The molecular formula is C17H16N6O3S2. The van der Waals surface area contributed by atoms with E-state index in [-0.39, 0.29) is 16.8 Å². The van der Waals surface area contributed by atoms with Crippen molar-refractivity contribution in [2.24, 2.45) is 5.14 Å². The molecule has 0 saturated heterocycles. The quantitative estimate of drug-likeness (QED) is 0.672. The van der Waals surface area contributed by atoms with E-state index in [0.717, 1.165) is 5.69 Å². The number of thiophene rings is 1. The van der Waals surface area contributed by atoms with Crippen LogP contribution in [-0.4, -0.2) is 38.4 Å². The number of fused-ring (bicyclic) bond motifs is 2. The first-order valence-corrected chi connectivity index (χ1v) is 10.5. The van der Waals surface area contributed by atoms with Crippen LogP contribution in [0.15, 0.2) is 46.8 Å². The van der Waals surface area contributed by atoms with Crippen LogP contribution in [0, 0.1) is 0 Å². The maximum absolute atomic E-state index is 12.7. The highest BCUT2D eigenvalue weighted by Crippen LogP contribution is 2.40. The van der Waals surface area contributed by atoms with Crippen LogP contribution in [0.4, 0.5) is 28.8 Å². The predicted octanol–water partition coefficient (Wildman–Crippen LogP) is 2.29. The molecule has 0 aliphatic carbocycles. The first-order chi connectivity index (χ1) is 13.3. The van der Waals surface area contributed by atoms with Crippen molar-refractivity contribution < 1.29 is 13.2 Å². The smallest absolute Gasteiger partial charge is 0.270 e. The zero-order valence-corrected chi connectivity index (χ0v) is 16.6. The highest BCUT2D eigenvalue weighted by Gasteiger charge is 2.30. The average molecular weight is 416 g/mol. The molecule has 9 nitrogen and oxygen atoms in total. The van der Waals surface area contributed by atoms with Crippen LogP contribution in [0.1, 0.15) is 9.67 Å². The molecule has 144 valence electrons. The molecule has 3 heterocycles. The summed E-state index contributed by atoms with van der Waals surface area (Å²) in [6.07, 6.45) is 1.55. The minimum atomic E-state index is -3.82. The van der Waals surface area contributed by atoms with Gasteiger partial charge in [0.25, 0.3) is 5.91 Å². The maximum Gasteiger partial charge on any atom is 0.270 e. The Morgan fingerprint density at radius 1 is 1.14 bits per heavy atom. The standard InChI is InChI=1S/C17H16N6O3S2/c1-22-12-6-7-27-14(12)16(24)23(2)13-9-19-17(21-15(13)22)20-10-4-3-5-11(8-10)28(18,25)26/h3-9H,1-2H3,(H2,18,25,26)(H,19,20,21). The second-order valence-electron chi connectivity index (χ2n) is 6.16. The van der Waals surface area contributed by atoms with E-state index in [2.05, 4.69) is 15.3 Å². The number of hydrogen-bond donors (Lipinski definition) is 2. The van der Waals surface area contributed by atoms with Crippen molar-refractivity contribution in [1.82, 2.24) is 9.97 Å². The molecule has 28 heavy (non-hydrogen) atoms. The number of sulfonamides is 1. The minimum Gasteiger partial charge on any atom is -0.326 e. The normalized spacial score (nSPS) is 13.8. The van der Waals surface area contributed by atoms with Crippen molar-refractivity contribution in [2.75, 3.05) is 29.2 Å². The zero-order chi connectivity index (χ0) is 20.1. The van der Waals surface area contributed by atoms with Crippen molar-refractivity contribution in [3.05, 3.63) is 46.8 Å². The lowest BCUT2D eigenvalue weighted by molar-refractivity contribution is 0.0998. The number of primary sulfonamides is 1. The van der Waals surface area contributed by atoms with Gasteiger partial charge in [-0.1, -0.05) is 6.07 Å². The fourth-order valence-corrected chi connectivity index (χ4v) is 4.35. The third kappa shape index (κ3) is 3.09. The summed E-state index contributed by atoms with van der Waals surface area (Å²) < 4.78 is 23.1. The molecule has 0 spiro atoms. The van der Waals surface area contributed by atoms with Gasteiger partial charge in [0.2, 0.25) is 16.0 Å². The van der Waals surface area contributed by atoms with E-state index in [4.69, 9.17) is 5.14 Å². The number of carbonyl (C=O) groups excluding carboxylic acids is 1. The number of anilines is 5. The molecular weight excluding hydrogens is 400 g/mol. The van der Waals surface area contributed by atoms with Gasteiger partial charge in [0.15, 0.2) is 5.82 Å². The Labute approximate surface area is 165 Å². The first kappa shape index (κ1) is 18.3. The van der Waals surface area contributed by atoms with Crippen LogP contribution in [0.5, 0.6) is 0 Å². The van der Waals surface area contributed by atoms with Crippen LogP contribution in [0.25, 0.3) is 0 Å². The van der Waals surface area contributed by atoms with E-state index in [0.29, 0.717) is 22.1 Å². The number of rotatable bonds is 3. The van der Waals surface area contributed by atoms with Gasteiger partial charge in [-0.3, -0.25) is 4.79 Å². The number of benzene rings is 1. The topological polar surface area (TPSA) is 122 Å². The van der Waals surface area contributed by atoms with Gasteiger partial charge >= 0.3 is 0 Å². The largest absolute Gasteiger partial charge is 0.326 e. The molecule has 2 aromatic heterocycles. The average Bonchev–Trinajstić information content (AvgIpc) is 3.13. The lowest BCUT2D eigenvalue weighted by atomic mass is 10.3. The van der Waals surface area contributed by atoms with Crippen LogP contribution in [0.3, 0.4) is 0 Å². The van der Waals surface area contributed by atoms with Crippen LogP contribution < -0.4 is 20.3 Å². The summed E-state index contributed by atoms with van der Waals surface area (Å²) in [6, 6.07) is 7.93. The molecule has 1 aromatic carbocycles. The highest BCUT2D eigenvalue weighted by atomic mass is 32.2. The zero-order valence-electron chi connectivity index (χ0n) is 14.9. The van der Waals surface area contributed by atoms with Gasteiger partial charge < -0.3 is 15.1 Å². The third-order valence-electron chi connectivity index (χ3n) is 4.35. The Morgan fingerprint density at radius 3 is 2.68 bits per heavy atom. The highest BCUT2D eigenvalue weighted by molar-refractivity contribution is 7.89. The Balaban J connectivity index is 1.74. The van der Waals surface area contributed by atoms with E-state index < -0.39 is 10.0 Å². The Morgan fingerprint density at radius 2 is 1.93 bits per heavy atom.